The molecule has 3 aliphatic rings. The number of primary amides is 1. The van der Waals surface area contributed by atoms with E-state index in [4.69, 9.17) is 5.73 Å². The van der Waals surface area contributed by atoms with Crippen LogP contribution in [0.1, 0.15) is 50.5 Å². The third-order valence-electron chi connectivity index (χ3n) is 6.23. The molecule has 0 spiro atoms. The van der Waals surface area contributed by atoms with Gasteiger partial charge in [0, 0.05) is 18.7 Å². The summed E-state index contributed by atoms with van der Waals surface area (Å²) in [5.74, 6) is 2.03. The summed E-state index contributed by atoms with van der Waals surface area (Å²) in [4.78, 5) is 26.4. The highest BCUT2D eigenvalue weighted by molar-refractivity contribution is 5.91. The predicted molar refractivity (Wildman–Crippen MR) is 101 cm³/mol. The van der Waals surface area contributed by atoms with Crippen molar-refractivity contribution in [2.45, 2.75) is 57.5 Å². The molecule has 0 aromatic heterocycles. The van der Waals surface area contributed by atoms with Crippen molar-refractivity contribution in [1.29, 1.82) is 0 Å². The second kappa shape index (κ2) is 7.39. The molecule has 4 rings (SSSR count). The first-order valence-electron chi connectivity index (χ1n) is 10.0. The van der Waals surface area contributed by atoms with E-state index in [2.05, 4.69) is 10.2 Å². The van der Waals surface area contributed by atoms with Gasteiger partial charge in [0.25, 0.3) is 0 Å². The van der Waals surface area contributed by atoms with E-state index in [1.165, 1.54) is 25.7 Å². The van der Waals surface area contributed by atoms with Crippen LogP contribution in [-0.2, 0) is 16.1 Å². The minimum Gasteiger partial charge on any atom is -0.368 e. The van der Waals surface area contributed by atoms with Crippen molar-refractivity contribution >= 4 is 17.5 Å². The molecule has 1 heterocycles. The Labute approximate surface area is 155 Å². The first-order chi connectivity index (χ1) is 12.6. The molecule has 1 atom stereocenters. The van der Waals surface area contributed by atoms with Crippen molar-refractivity contribution in [3.8, 4) is 0 Å². The lowest BCUT2D eigenvalue weighted by Crippen LogP contribution is -2.39. The maximum absolute atomic E-state index is 12.7. The molecular formula is C21H29N3O2. The maximum atomic E-state index is 12.7. The zero-order chi connectivity index (χ0) is 18.1. The van der Waals surface area contributed by atoms with Gasteiger partial charge >= 0.3 is 0 Å². The van der Waals surface area contributed by atoms with E-state index in [1.54, 1.807) is 0 Å². The van der Waals surface area contributed by atoms with E-state index in [9.17, 15) is 9.59 Å². The van der Waals surface area contributed by atoms with Crippen molar-refractivity contribution < 1.29 is 9.59 Å². The van der Waals surface area contributed by atoms with Crippen molar-refractivity contribution in [1.82, 2.24) is 4.90 Å². The highest BCUT2D eigenvalue weighted by atomic mass is 16.2. The summed E-state index contributed by atoms with van der Waals surface area (Å²) in [6.45, 7) is 1.53. The topological polar surface area (TPSA) is 75.4 Å². The van der Waals surface area contributed by atoms with Crippen LogP contribution in [-0.4, -0.2) is 29.3 Å². The standard InChI is InChI=1S/C21H29N3O2/c22-21(26)19-6-3-11-24(19)13-16-4-1-2-5-18(16)23-20(25)12-17(14-7-8-14)15-9-10-15/h1-2,4-5,14-15,17,19H,3,6-13H2,(H2,22,26)(H,23,25). The van der Waals surface area contributed by atoms with Crippen LogP contribution in [0.2, 0.25) is 0 Å². The number of para-hydroxylation sites is 1. The van der Waals surface area contributed by atoms with E-state index >= 15 is 0 Å². The van der Waals surface area contributed by atoms with Crippen LogP contribution in [0, 0.1) is 17.8 Å². The summed E-state index contributed by atoms with van der Waals surface area (Å²) in [6.07, 6.45) is 7.67. The van der Waals surface area contributed by atoms with Gasteiger partial charge in [-0.2, -0.15) is 0 Å². The third-order valence-corrected chi connectivity index (χ3v) is 6.23. The molecule has 0 bridgehead atoms. The molecule has 3 fully saturated rings. The van der Waals surface area contributed by atoms with Crippen molar-refractivity contribution in [2.24, 2.45) is 23.5 Å². The molecule has 0 radical (unpaired) electrons. The summed E-state index contributed by atoms with van der Waals surface area (Å²) in [5, 5.41) is 3.14. The quantitative estimate of drug-likeness (QED) is 0.753. The number of likely N-dealkylation sites (tertiary alicyclic amines) is 1. The zero-order valence-corrected chi connectivity index (χ0v) is 15.3. The highest BCUT2D eigenvalue weighted by Crippen LogP contribution is 2.50. The number of benzene rings is 1. The molecule has 1 aromatic rings. The van der Waals surface area contributed by atoms with Crippen LogP contribution in [0.4, 0.5) is 5.69 Å². The highest BCUT2D eigenvalue weighted by Gasteiger charge is 2.42. The van der Waals surface area contributed by atoms with Crippen molar-refractivity contribution in [2.75, 3.05) is 11.9 Å². The number of hydrogen-bond acceptors (Lipinski definition) is 3. The summed E-state index contributed by atoms with van der Waals surface area (Å²) in [6, 6.07) is 7.75. The van der Waals surface area contributed by atoms with E-state index in [1.807, 2.05) is 24.3 Å². The van der Waals surface area contributed by atoms with Gasteiger partial charge in [-0.1, -0.05) is 18.2 Å². The van der Waals surface area contributed by atoms with Crippen LogP contribution in [0.15, 0.2) is 24.3 Å². The number of nitrogens with two attached hydrogens (primary N) is 1. The SMILES string of the molecule is NC(=O)C1CCCN1Cc1ccccc1NC(=O)CC(C1CC1)C1CC1. The van der Waals surface area contributed by atoms with Gasteiger partial charge in [0.05, 0.1) is 6.04 Å². The van der Waals surface area contributed by atoms with Gasteiger partial charge in [-0.3, -0.25) is 14.5 Å². The van der Waals surface area contributed by atoms with E-state index < -0.39 is 0 Å². The average molecular weight is 355 g/mol. The molecule has 1 unspecified atom stereocenters. The Morgan fingerprint density at radius 3 is 2.46 bits per heavy atom. The molecule has 2 amide bonds. The van der Waals surface area contributed by atoms with Gasteiger partial charge in [-0.15, -0.1) is 0 Å². The van der Waals surface area contributed by atoms with Gasteiger partial charge in [0.15, 0.2) is 0 Å². The molecule has 2 aliphatic carbocycles. The fourth-order valence-electron chi connectivity index (χ4n) is 4.52. The molecule has 26 heavy (non-hydrogen) atoms. The van der Waals surface area contributed by atoms with E-state index in [0.717, 1.165) is 42.5 Å². The molecule has 2 saturated carbocycles. The lowest BCUT2D eigenvalue weighted by Gasteiger charge is -2.23. The molecule has 3 N–H and O–H groups in total. The fraction of sp³-hybridized carbons (Fsp3) is 0.619. The largest absolute Gasteiger partial charge is 0.368 e. The number of carbonyl (C=O) groups is 2. The first-order valence-corrected chi connectivity index (χ1v) is 10.0. The minimum absolute atomic E-state index is 0.133. The Bertz CT molecular complexity index is 670. The molecule has 5 heteroatoms. The number of rotatable bonds is 8. The second-order valence-corrected chi connectivity index (χ2v) is 8.28. The minimum atomic E-state index is -0.249. The van der Waals surface area contributed by atoms with Crippen LogP contribution in [0.3, 0.4) is 0 Å². The summed E-state index contributed by atoms with van der Waals surface area (Å²) in [7, 11) is 0. The number of nitrogens with one attached hydrogen (secondary N) is 1. The Morgan fingerprint density at radius 2 is 1.81 bits per heavy atom. The molecule has 1 aromatic carbocycles. The normalized spacial score (nSPS) is 23.3. The molecule has 5 nitrogen and oxygen atoms in total. The van der Waals surface area contributed by atoms with Gasteiger partial charge < -0.3 is 11.1 Å². The van der Waals surface area contributed by atoms with Crippen LogP contribution < -0.4 is 11.1 Å². The van der Waals surface area contributed by atoms with Gasteiger partial charge in [-0.05, 0) is 74.5 Å². The van der Waals surface area contributed by atoms with Crippen molar-refractivity contribution in [3.63, 3.8) is 0 Å². The van der Waals surface area contributed by atoms with E-state index in [0.29, 0.717) is 18.9 Å². The van der Waals surface area contributed by atoms with E-state index in [-0.39, 0.29) is 17.9 Å². The Kier molecular flexibility index (Phi) is 4.98. The number of anilines is 1. The smallest absolute Gasteiger partial charge is 0.234 e. The van der Waals surface area contributed by atoms with Gasteiger partial charge in [0.1, 0.15) is 0 Å². The summed E-state index contributed by atoms with van der Waals surface area (Å²) in [5.41, 5.74) is 7.47. The summed E-state index contributed by atoms with van der Waals surface area (Å²) < 4.78 is 0. The zero-order valence-electron chi connectivity index (χ0n) is 15.3. The Hall–Kier alpha value is -1.88. The maximum Gasteiger partial charge on any atom is 0.234 e. The lowest BCUT2D eigenvalue weighted by atomic mass is 9.93. The lowest BCUT2D eigenvalue weighted by molar-refractivity contribution is -0.122. The Balaban J connectivity index is 1.40. The molecular weight excluding hydrogens is 326 g/mol. The predicted octanol–water partition coefficient (Wildman–Crippen LogP) is 2.90. The monoisotopic (exact) mass is 355 g/mol. The molecule has 140 valence electrons. The van der Waals surface area contributed by atoms with Crippen LogP contribution >= 0.6 is 0 Å². The van der Waals surface area contributed by atoms with Crippen LogP contribution in [0.5, 0.6) is 0 Å². The van der Waals surface area contributed by atoms with Gasteiger partial charge in [0.2, 0.25) is 11.8 Å². The van der Waals surface area contributed by atoms with Crippen LogP contribution in [0.25, 0.3) is 0 Å². The van der Waals surface area contributed by atoms with Gasteiger partial charge in [-0.25, -0.2) is 0 Å². The Morgan fingerprint density at radius 1 is 1.12 bits per heavy atom. The second-order valence-electron chi connectivity index (χ2n) is 8.28. The summed E-state index contributed by atoms with van der Waals surface area (Å²) >= 11 is 0. The van der Waals surface area contributed by atoms with Crippen molar-refractivity contribution in [3.05, 3.63) is 29.8 Å². The first kappa shape index (κ1) is 17.5. The fourth-order valence-corrected chi connectivity index (χ4v) is 4.52. The molecule has 1 saturated heterocycles. The molecule has 1 aliphatic heterocycles. The number of amides is 2. The number of carbonyl (C=O) groups excluding carboxylic acids is 2. The third kappa shape index (κ3) is 4.09. The average Bonchev–Trinajstić information content (AvgIpc) is 3.53. The number of nitrogens with zero attached hydrogens (tertiary/aromatic N) is 1. The number of hydrogen-bond donors (Lipinski definition) is 2.